The molecule has 3 heterocycles. The Morgan fingerprint density at radius 2 is 2.47 bits per heavy atom. The van der Waals surface area contributed by atoms with Crippen molar-refractivity contribution in [1.29, 1.82) is 0 Å². The summed E-state index contributed by atoms with van der Waals surface area (Å²) in [6.45, 7) is 3.87. The van der Waals surface area contributed by atoms with Crippen molar-refractivity contribution in [3.8, 4) is 5.88 Å². The summed E-state index contributed by atoms with van der Waals surface area (Å²) in [6.07, 6.45) is 3.22. The average Bonchev–Trinajstić information content (AvgIpc) is 3.10. The van der Waals surface area contributed by atoms with E-state index in [4.69, 9.17) is 14.1 Å². The van der Waals surface area contributed by atoms with Crippen molar-refractivity contribution < 1.29 is 14.1 Å². The normalized spacial score (nSPS) is 28.6. The van der Waals surface area contributed by atoms with Crippen molar-refractivity contribution >= 4 is 18.6 Å². The van der Waals surface area contributed by atoms with E-state index in [9.17, 15) is 0 Å². The van der Waals surface area contributed by atoms with Gasteiger partial charge in [-0.1, -0.05) is 5.16 Å². The lowest BCUT2D eigenvalue weighted by atomic mass is 9.94. The van der Waals surface area contributed by atoms with E-state index in [1.807, 2.05) is 6.21 Å². The molecule has 2 aliphatic rings. The average molecular weight is 288 g/mol. The van der Waals surface area contributed by atoms with Crippen molar-refractivity contribution in [3.63, 3.8) is 0 Å². The molecule has 3 rings (SSSR count). The third kappa shape index (κ3) is 3.19. The summed E-state index contributed by atoms with van der Waals surface area (Å²) in [5.74, 6) is 2.38. The standard InChI is InChI=1S/C12H17N3O3.ClH/c1-16-12-4-11(18-14-12)8-17-13-5-10-7-15-3-2-9(10)6-15;/h4-5,9-10H,2-3,6-8H2,1H3;1H. The van der Waals surface area contributed by atoms with E-state index >= 15 is 0 Å². The molecule has 19 heavy (non-hydrogen) atoms. The molecule has 0 N–H and O–H groups in total. The van der Waals surface area contributed by atoms with E-state index in [0.29, 0.717) is 17.6 Å². The topological polar surface area (TPSA) is 60.1 Å². The molecule has 6 nitrogen and oxygen atoms in total. The van der Waals surface area contributed by atoms with Crippen molar-refractivity contribution in [3.05, 3.63) is 11.8 Å². The van der Waals surface area contributed by atoms with Gasteiger partial charge < -0.3 is 19.0 Å². The molecule has 3 atom stereocenters. The van der Waals surface area contributed by atoms with Crippen LogP contribution < -0.4 is 4.74 Å². The maximum absolute atomic E-state index is 5.21. The molecule has 0 amide bonds. The minimum Gasteiger partial charge on any atom is -0.479 e. The molecule has 0 aliphatic carbocycles. The monoisotopic (exact) mass is 287 g/mol. The zero-order chi connectivity index (χ0) is 12.4. The third-order valence-electron chi connectivity index (χ3n) is 3.66. The zero-order valence-electron chi connectivity index (χ0n) is 10.8. The number of hydrogen-bond donors (Lipinski definition) is 0. The molecule has 2 aliphatic heterocycles. The Labute approximate surface area is 118 Å². The highest BCUT2D eigenvalue weighted by Gasteiger charge is 2.36. The Balaban J connectivity index is 0.00000133. The number of rotatable bonds is 5. The van der Waals surface area contributed by atoms with Crippen LogP contribution in [-0.4, -0.2) is 43.0 Å². The first kappa shape index (κ1) is 14.1. The summed E-state index contributed by atoms with van der Waals surface area (Å²) in [6, 6.07) is 1.69. The fraction of sp³-hybridized carbons (Fsp3) is 0.667. The van der Waals surface area contributed by atoms with Crippen LogP contribution in [0.4, 0.5) is 0 Å². The molecule has 3 unspecified atom stereocenters. The summed E-state index contributed by atoms with van der Waals surface area (Å²) in [4.78, 5) is 7.68. The number of nitrogens with zero attached hydrogens (tertiary/aromatic N) is 3. The second-order valence-corrected chi connectivity index (χ2v) is 4.84. The van der Waals surface area contributed by atoms with Crippen LogP contribution in [0.25, 0.3) is 0 Å². The smallest absolute Gasteiger partial charge is 0.254 e. The number of ether oxygens (including phenoxy) is 1. The fourth-order valence-corrected chi connectivity index (χ4v) is 2.67. The van der Waals surface area contributed by atoms with Gasteiger partial charge in [0.25, 0.3) is 5.88 Å². The first-order valence-corrected chi connectivity index (χ1v) is 6.22. The highest BCUT2D eigenvalue weighted by atomic mass is 35.5. The van der Waals surface area contributed by atoms with Gasteiger partial charge in [0.1, 0.15) is 0 Å². The molecule has 0 saturated carbocycles. The lowest BCUT2D eigenvalue weighted by Gasteiger charge is -2.17. The van der Waals surface area contributed by atoms with Crippen LogP contribution in [0.5, 0.6) is 5.88 Å². The molecule has 0 spiro atoms. The Morgan fingerprint density at radius 3 is 3.11 bits per heavy atom. The minimum atomic E-state index is 0. The second-order valence-electron chi connectivity index (χ2n) is 4.84. The molecule has 0 radical (unpaired) electrons. The lowest BCUT2D eigenvalue weighted by molar-refractivity contribution is 0.108. The zero-order valence-corrected chi connectivity index (χ0v) is 11.6. The van der Waals surface area contributed by atoms with Crippen LogP contribution in [0.15, 0.2) is 15.7 Å². The number of oxime groups is 1. The number of aromatic nitrogens is 1. The molecule has 2 fully saturated rings. The summed E-state index contributed by atoms with van der Waals surface area (Å²) in [7, 11) is 1.55. The van der Waals surface area contributed by atoms with Gasteiger partial charge in [-0.2, -0.15) is 0 Å². The van der Waals surface area contributed by atoms with Crippen molar-refractivity contribution in [2.75, 3.05) is 26.7 Å². The summed E-state index contributed by atoms with van der Waals surface area (Å²) < 4.78 is 9.91. The Kier molecular flexibility index (Phi) is 4.66. The number of piperidine rings is 1. The van der Waals surface area contributed by atoms with Gasteiger partial charge >= 0.3 is 0 Å². The highest BCUT2D eigenvalue weighted by Crippen LogP contribution is 2.31. The molecule has 1 aromatic heterocycles. The number of methoxy groups -OCH3 is 1. The predicted molar refractivity (Wildman–Crippen MR) is 71.6 cm³/mol. The molecule has 2 bridgehead atoms. The number of hydrogen-bond acceptors (Lipinski definition) is 6. The minimum absolute atomic E-state index is 0. The summed E-state index contributed by atoms with van der Waals surface area (Å²) in [5.41, 5.74) is 0. The van der Waals surface area contributed by atoms with Crippen LogP contribution in [0.2, 0.25) is 0 Å². The van der Waals surface area contributed by atoms with Gasteiger partial charge in [-0.3, -0.25) is 0 Å². The first-order chi connectivity index (χ1) is 8.85. The SMILES string of the molecule is COc1cc(CON=CC2CN3CCC2C3)on1.Cl. The van der Waals surface area contributed by atoms with Crippen molar-refractivity contribution in [2.45, 2.75) is 13.0 Å². The molecule has 2 saturated heterocycles. The van der Waals surface area contributed by atoms with Gasteiger partial charge in [-0.05, 0) is 24.0 Å². The Bertz CT molecular complexity index is 438. The number of halogens is 1. The molecular weight excluding hydrogens is 270 g/mol. The van der Waals surface area contributed by atoms with Crippen LogP contribution in [0.1, 0.15) is 12.2 Å². The Morgan fingerprint density at radius 1 is 1.58 bits per heavy atom. The highest BCUT2D eigenvalue weighted by molar-refractivity contribution is 5.85. The number of fused-ring (bicyclic) bond motifs is 2. The van der Waals surface area contributed by atoms with E-state index in [1.54, 1.807) is 13.2 Å². The Hall–Kier alpha value is -1.27. The maximum Gasteiger partial charge on any atom is 0.254 e. The van der Waals surface area contributed by atoms with E-state index < -0.39 is 0 Å². The van der Waals surface area contributed by atoms with E-state index in [2.05, 4.69) is 15.2 Å². The van der Waals surface area contributed by atoms with Gasteiger partial charge in [0, 0.05) is 31.3 Å². The van der Waals surface area contributed by atoms with Gasteiger partial charge in [0.2, 0.25) is 0 Å². The molecular formula is C12H18ClN3O3. The predicted octanol–water partition coefficient (Wildman–Crippen LogP) is 1.56. The van der Waals surface area contributed by atoms with E-state index in [0.717, 1.165) is 12.5 Å². The second kappa shape index (κ2) is 6.25. The summed E-state index contributed by atoms with van der Waals surface area (Å²) in [5, 5.41) is 7.71. The van der Waals surface area contributed by atoms with Crippen LogP contribution >= 0.6 is 12.4 Å². The van der Waals surface area contributed by atoms with Crippen molar-refractivity contribution in [2.24, 2.45) is 17.0 Å². The quantitative estimate of drug-likeness (QED) is 0.607. The molecule has 1 aromatic rings. The first-order valence-electron chi connectivity index (χ1n) is 6.22. The van der Waals surface area contributed by atoms with Crippen LogP contribution in [0.3, 0.4) is 0 Å². The molecule has 0 aromatic carbocycles. The van der Waals surface area contributed by atoms with E-state index in [-0.39, 0.29) is 19.0 Å². The van der Waals surface area contributed by atoms with Crippen LogP contribution in [-0.2, 0) is 11.4 Å². The van der Waals surface area contributed by atoms with Gasteiger partial charge in [-0.15, -0.1) is 12.4 Å². The third-order valence-corrected chi connectivity index (χ3v) is 3.66. The summed E-state index contributed by atoms with van der Waals surface area (Å²) >= 11 is 0. The largest absolute Gasteiger partial charge is 0.479 e. The van der Waals surface area contributed by atoms with Gasteiger partial charge in [-0.25, -0.2) is 0 Å². The fourth-order valence-electron chi connectivity index (χ4n) is 2.67. The van der Waals surface area contributed by atoms with Gasteiger partial charge in [0.15, 0.2) is 12.4 Å². The maximum atomic E-state index is 5.21. The lowest BCUT2D eigenvalue weighted by Crippen LogP contribution is -2.24. The van der Waals surface area contributed by atoms with Crippen molar-refractivity contribution in [1.82, 2.24) is 10.1 Å². The molecule has 7 heteroatoms. The van der Waals surface area contributed by atoms with Gasteiger partial charge in [0.05, 0.1) is 7.11 Å². The molecule has 106 valence electrons. The van der Waals surface area contributed by atoms with Crippen LogP contribution in [0, 0.1) is 11.8 Å². The van der Waals surface area contributed by atoms with E-state index in [1.165, 1.54) is 19.5 Å².